The SMILES string of the molecule is O=C(Nc1cccs1)NC1CCC2OCCOC2C1. The van der Waals surface area contributed by atoms with Crippen molar-refractivity contribution in [2.45, 2.75) is 37.5 Å². The third kappa shape index (κ3) is 3.26. The number of carbonyl (C=O) groups is 1. The number of ether oxygens (including phenoxy) is 2. The van der Waals surface area contributed by atoms with E-state index in [1.807, 2.05) is 17.5 Å². The first-order valence-electron chi connectivity index (χ1n) is 6.65. The quantitative estimate of drug-likeness (QED) is 0.874. The molecule has 1 aromatic heterocycles. The van der Waals surface area contributed by atoms with Crippen LogP contribution in [-0.2, 0) is 9.47 Å². The van der Waals surface area contributed by atoms with E-state index in [4.69, 9.17) is 9.47 Å². The standard InChI is InChI=1S/C13H18N2O3S/c16-13(15-12-2-1-7-19-12)14-9-3-4-10-11(8-9)18-6-5-17-10/h1-2,7,9-11H,3-6,8H2,(H2,14,15,16). The van der Waals surface area contributed by atoms with Gasteiger partial charge in [-0.05, 0) is 36.8 Å². The average Bonchev–Trinajstić information content (AvgIpc) is 2.91. The third-order valence-corrected chi connectivity index (χ3v) is 4.36. The summed E-state index contributed by atoms with van der Waals surface area (Å²) in [6, 6.07) is 3.84. The number of rotatable bonds is 2. The summed E-state index contributed by atoms with van der Waals surface area (Å²) < 4.78 is 11.4. The van der Waals surface area contributed by atoms with Crippen LogP contribution in [0.4, 0.5) is 9.80 Å². The average molecular weight is 282 g/mol. The first-order valence-corrected chi connectivity index (χ1v) is 7.53. The number of hydrogen-bond acceptors (Lipinski definition) is 4. The molecule has 3 unspecified atom stereocenters. The van der Waals surface area contributed by atoms with E-state index in [9.17, 15) is 4.79 Å². The predicted octanol–water partition coefficient (Wildman–Crippen LogP) is 2.21. The second kappa shape index (κ2) is 5.90. The van der Waals surface area contributed by atoms with Gasteiger partial charge in [-0.2, -0.15) is 0 Å². The van der Waals surface area contributed by atoms with Crippen LogP contribution in [0.15, 0.2) is 17.5 Å². The lowest BCUT2D eigenvalue weighted by Gasteiger charge is -2.38. The molecule has 0 bridgehead atoms. The molecule has 2 N–H and O–H groups in total. The van der Waals surface area contributed by atoms with Crippen LogP contribution in [0.1, 0.15) is 19.3 Å². The third-order valence-electron chi connectivity index (χ3n) is 3.57. The van der Waals surface area contributed by atoms with Gasteiger partial charge >= 0.3 is 6.03 Å². The van der Waals surface area contributed by atoms with Gasteiger partial charge in [0, 0.05) is 6.04 Å². The Morgan fingerprint density at radius 2 is 2.11 bits per heavy atom. The molecule has 19 heavy (non-hydrogen) atoms. The molecule has 2 fully saturated rings. The van der Waals surface area contributed by atoms with Crippen molar-refractivity contribution in [2.24, 2.45) is 0 Å². The summed E-state index contributed by atoms with van der Waals surface area (Å²) in [6.45, 7) is 1.35. The Labute approximate surface area is 116 Å². The van der Waals surface area contributed by atoms with Gasteiger partial charge in [0.1, 0.15) is 0 Å². The lowest BCUT2D eigenvalue weighted by atomic mass is 9.90. The maximum Gasteiger partial charge on any atom is 0.320 e. The number of fused-ring (bicyclic) bond motifs is 1. The molecule has 1 aromatic rings. The normalized spacial score (nSPS) is 30.4. The second-order valence-electron chi connectivity index (χ2n) is 4.90. The van der Waals surface area contributed by atoms with Crippen LogP contribution in [-0.4, -0.2) is 37.5 Å². The van der Waals surface area contributed by atoms with Crippen molar-refractivity contribution >= 4 is 22.4 Å². The van der Waals surface area contributed by atoms with E-state index in [1.54, 1.807) is 0 Å². The van der Waals surface area contributed by atoms with Crippen LogP contribution >= 0.6 is 11.3 Å². The summed E-state index contributed by atoms with van der Waals surface area (Å²) in [7, 11) is 0. The zero-order valence-electron chi connectivity index (χ0n) is 10.6. The molecule has 104 valence electrons. The van der Waals surface area contributed by atoms with E-state index in [1.165, 1.54) is 11.3 Å². The number of carbonyl (C=O) groups excluding carboxylic acids is 1. The minimum Gasteiger partial charge on any atom is -0.373 e. The zero-order valence-corrected chi connectivity index (χ0v) is 11.4. The minimum absolute atomic E-state index is 0.134. The van der Waals surface area contributed by atoms with Gasteiger partial charge in [-0.1, -0.05) is 0 Å². The smallest absolute Gasteiger partial charge is 0.320 e. The van der Waals surface area contributed by atoms with Crippen molar-refractivity contribution < 1.29 is 14.3 Å². The van der Waals surface area contributed by atoms with Gasteiger partial charge in [-0.3, -0.25) is 5.32 Å². The van der Waals surface area contributed by atoms with Gasteiger partial charge in [0.25, 0.3) is 0 Å². The highest BCUT2D eigenvalue weighted by Gasteiger charge is 2.34. The van der Waals surface area contributed by atoms with Gasteiger partial charge in [-0.15, -0.1) is 11.3 Å². The molecule has 6 heteroatoms. The van der Waals surface area contributed by atoms with E-state index in [-0.39, 0.29) is 24.3 Å². The second-order valence-corrected chi connectivity index (χ2v) is 5.85. The molecule has 2 heterocycles. The number of urea groups is 1. The number of thiophene rings is 1. The fourth-order valence-electron chi connectivity index (χ4n) is 2.68. The highest BCUT2D eigenvalue weighted by molar-refractivity contribution is 7.14. The van der Waals surface area contributed by atoms with Gasteiger partial charge in [0.15, 0.2) is 0 Å². The predicted molar refractivity (Wildman–Crippen MR) is 73.6 cm³/mol. The van der Waals surface area contributed by atoms with E-state index in [2.05, 4.69) is 10.6 Å². The van der Waals surface area contributed by atoms with Crippen LogP contribution in [0.2, 0.25) is 0 Å². The molecule has 2 aliphatic rings. The maximum absolute atomic E-state index is 11.9. The molecular weight excluding hydrogens is 264 g/mol. The van der Waals surface area contributed by atoms with Crippen molar-refractivity contribution in [1.82, 2.24) is 5.32 Å². The maximum atomic E-state index is 11.9. The topological polar surface area (TPSA) is 59.6 Å². The Kier molecular flexibility index (Phi) is 4.00. The molecule has 1 aliphatic carbocycles. The molecule has 1 saturated heterocycles. The highest BCUT2D eigenvalue weighted by atomic mass is 32.1. The fraction of sp³-hybridized carbons (Fsp3) is 0.615. The Balaban J connectivity index is 1.49. The van der Waals surface area contributed by atoms with E-state index < -0.39 is 0 Å². The number of nitrogens with one attached hydrogen (secondary N) is 2. The summed E-state index contributed by atoms with van der Waals surface area (Å²) in [5, 5.41) is 8.65. The Morgan fingerprint density at radius 1 is 1.26 bits per heavy atom. The molecule has 0 aromatic carbocycles. The molecule has 5 nitrogen and oxygen atoms in total. The van der Waals surface area contributed by atoms with Crippen LogP contribution in [0.25, 0.3) is 0 Å². The van der Waals surface area contributed by atoms with E-state index >= 15 is 0 Å². The molecule has 3 rings (SSSR count). The summed E-state index contributed by atoms with van der Waals surface area (Å²) in [6.07, 6.45) is 3.08. The number of anilines is 1. The van der Waals surface area contributed by atoms with Gasteiger partial charge < -0.3 is 14.8 Å². The summed E-state index contributed by atoms with van der Waals surface area (Å²) >= 11 is 1.51. The van der Waals surface area contributed by atoms with E-state index in [0.29, 0.717) is 13.2 Å². The first kappa shape index (κ1) is 12.9. The summed E-state index contributed by atoms with van der Waals surface area (Å²) in [5.74, 6) is 0. The number of amides is 2. The van der Waals surface area contributed by atoms with Crippen molar-refractivity contribution in [3.8, 4) is 0 Å². The monoisotopic (exact) mass is 282 g/mol. The van der Waals surface area contributed by atoms with Crippen molar-refractivity contribution in [3.63, 3.8) is 0 Å². The lowest BCUT2D eigenvalue weighted by Crippen LogP contribution is -2.50. The fourth-order valence-corrected chi connectivity index (χ4v) is 3.29. The first-order chi connectivity index (χ1) is 9.31. The van der Waals surface area contributed by atoms with Crippen molar-refractivity contribution in [3.05, 3.63) is 17.5 Å². The van der Waals surface area contributed by atoms with Gasteiger partial charge in [0.05, 0.1) is 30.4 Å². The molecule has 1 saturated carbocycles. The zero-order chi connectivity index (χ0) is 13.1. The molecule has 2 amide bonds. The van der Waals surface area contributed by atoms with Crippen LogP contribution in [0, 0.1) is 0 Å². The van der Waals surface area contributed by atoms with Gasteiger partial charge in [-0.25, -0.2) is 4.79 Å². The van der Waals surface area contributed by atoms with Crippen molar-refractivity contribution in [2.75, 3.05) is 18.5 Å². The van der Waals surface area contributed by atoms with Crippen molar-refractivity contribution in [1.29, 1.82) is 0 Å². The Hall–Kier alpha value is -1.11. The minimum atomic E-state index is -0.136. The molecule has 3 atom stereocenters. The molecule has 0 spiro atoms. The summed E-state index contributed by atoms with van der Waals surface area (Å²) in [4.78, 5) is 11.9. The number of hydrogen-bond donors (Lipinski definition) is 2. The lowest BCUT2D eigenvalue weighted by molar-refractivity contribution is -0.157. The van der Waals surface area contributed by atoms with Crippen LogP contribution < -0.4 is 10.6 Å². The van der Waals surface area contributed by atoms with Crippen LogP contribution in [0.5, 0.6) is 0 Å². The van der Waals surface area contributed by atoms with E-state index in [0.717, 1.165) is 24.3 Å². The molecular formula is C13H18N2O3S. The Bertz CT molecular complexity index is 424. The Morgan fingerprint density at radius 3 is 2.89 bits per heavy atom. The highest BCUT2D eigenvalue weighted by Crippen LogP contribution is 2.26. The molecule has 0 radical (unpaired) electrons. The van der Waals surface area contributed by atoms with Gasteiger partial charge in [0.2, 0.25) is 0 Å². The molecule has 1 aliphatic heterocycles. The van der Waals surface area contributed by atoms with Crippen LogP contribution in [0.3, 0.4) is 0 Å². The summed E-state index contributed by atoms with van der Waals surface area (Å²) in [5.41, 5.74) is 0. The largest absolute Gasteiger partial charge is 0.373 e.